The van der Waals surface area contributed by atoms with E-state index in [1.165, 1.54) is 5.56 Å². The van der Waals surface area contributed by atoms with Crippen molar-refractivity contribution in [2.75, 3.05) is 26.2 Å². The zero-order valence-corrected chi connectivity index (χ0v) is 15.3. The monoisotopic (exact) mass is 352 g/mol. The van der Waals surface area contributed by atoms with E-state index in [0.29, 0.717) is 5.58 Å². The Hall–Kier alpha value is -2.37. The average molecular weight is 352 g/mol. The summed E-state index contributed by atoms with van der Waals surface area (Å²) in [6, 6.07) is 9.70. The van der Waals surface area contributed by atoms with Gasteiger partial charge in [0.1, 0.15) is 11.3 Å². The summed E-state index contributed by atoms with van der Waals surface area (Å²) >= 11 is 0. The van der Waals surface area contributed by atoms with Crippen molar-refractivity contribution in [2.45, 2.75) is 26.9 Å². The molecule has 1 aliphatic rings. The van der Waals surface area contributed by atoms with Crippen LogP contribution in [0.4, 0.5) is 0 Å². The lowest BCUT2D eigenvalue weighted by Crippen LogP contribution is -2.45. The summed E-state index contributed by atoms with van der Waals surface area (Å²) in [6.07, 6.45) is 1.72. The van der Waals surface area contributed by atoms with Crippen molar-refractivity contribution in [3.05, 3.63) is 69.5 Å². The number of furan rings is 1. The highest BCUT2D eigenvalue weighted by molar-refractivity contribution is 5.81. The summed E-state index contributed by atoms with van der Waals surface area (Å²) in [6.45, 7) is 9.73. The fourth-order valence-electron chi connectivity index (χ4n) is 3.58. The Morgan fingerprint density at radius 3 is 2.35 bits per heavy atom. The maximum absolute atomic E-state index is 12.0. The maximum Gasteiger partial charge on any atom is 0.336 e. The zero-order chi connectivity index (χ0) is 18.1. The normalized spacial score (nSPS) is 16.4. The molecule has 0 amide bonds. The van der Waals surface area contributed by atoms with E-state index in [9.17, 15) is 4.79 Å². The van der Waals surface area contributed by atoms with Crippen LogP contribution in [0.25, 0.3) is 11.0 Å². The van der Waals surface area contributed by atoms with Gasteiger partial charge in [-0.1, -0.05) is 0 Å². The molecule has 1 aliphatic heterocycles. The Morgan fingerprint density at radius 1 is 0.962 bits per heavy atom. The van der Waals surface area contributed by atoms with Gasteiger partial charge in [0.15, 0.2) is 0 Å². The number of fused-ring (bicyclic) bond motifs is 1. The maximum atomic E-state index is 12.0. The van der Waals surface area contributed by atoms with Gasteiger partial charge in [-0.2, -0.15) is 0 Å². The first-order chi connectivity index (χ1) is 12.6. The number of hydrogen-bond acceptors (Lipinski definition) is 5. The van der Waals surface area contributed by atoms with Crippen molar-refractivity contribution in [1.82, 2.24) is 9.80 Å². The lowest BCUT2D eigenvalue weighted by Gasteiger charge is -2.34. The molecule has 5 heteroatoms. The highest BCUT2D eigenvalue weighted by Crippen LogP contribution is 2.23. The molecule has 0 atom stereocenters. The molecule has 0 saturated carbocycles. The van der Waals surface area contributed by atoms with Crippen LogP contribution in [0.3, 0.4) is 0 Å². The number of hydrogen-bond donors (Lipinski definition) is 0. The second-order valence-electron chi connectivity index (χ2n) is 7.15. The van der Waals surface area contributed by atoms with Crippen LogP contribution >= 0.6 is 0 Å². The van der Waals surface area contributed by atoms with Gasteiger partial charge in [-0.25, -0.2) is 4.79 Å². The first-order valence-electron chi connectivity index (χ1n) is 9.09. The molecule has 1 saturated heterocycles. The zero-order valence-electron chi connectivity index (χ0n) is 15.3. The lowest BCUT2D eigenvalue weighted by molar-refractivity contribution is 0.116. The summed E-state index contributed by atoms with van der Waals surface area (Å²) in [4.78, 5) is 16.8. The Morgan fingerprint density at radius 2 is 1.65 bits per heavy atom. The first-order valence-corrected chi connectivity index (χ1v) is 9.09. The molecule has 3 aromatic rings. The van der Waals surface area contributed by atoms with Gasteiger partial charge < -0.3 is 8.83 Å². The van der Waals surface area contributed by atoms with Gasteiger partial charge in [-0.15, -0.1) is 0 Å². The van der Waals surface area contributed by atoms with E-state index in [1.54, 1.807) is 12.3 Å². The molecule has 2 aromatic heterocycles. The van der Waals surface area contributed by atoms with Gasteiger partial charge in [0.05, 0.1) is 12.8 Å². The molecule has 0 spiro atoms. The summed E-state index contributed by atoms with van der Waals surface area (Å²) < 4.78 is 10.9. The van der Waals surface area contributed by atoms with E-state index in [2.05, 4.69) is 22.8 Å². The second-order valence-corrected chi connectivity index (χ2v) is 7.15. The van der Waals surface area contributed by atoms with Gasteiger partial charge in [0, 0.05) is 44.2 Å². The summed E-state index contributed by atoms with van der Waals surface area (Å²) in [5, 5.41) is 1.05. The smallest absolute Gasteiger partial charge is 0.336 e. The minimum Gasteiger partial charge on any atom is -0.468 e. The molecule has 1 fully saturated rings. The number of rotatable bonds is 4. The molecular formula is C21H24N2O3. The van der Waals surface area contributed by atoms with Crippen molar-refractivity contribution in [3.8, 4) is 0 Å². The molecule has 4 rings (SSSR count). The summed E-state index contributed by atoms with van der Waals surface area (Å²) in [5.74, 6) is 1.01. The third-order valence-electron chi connectivity index (χ3n) is 5.26. The topological polar surface area (TPSA) is 49.8 Å². The van der Waals surface area contributed by atoms with Crippen LogP contribution < -0.4 is 5.63 Å². The van der Waals surface area contributed by atoms with Crippen LogP contribution in [0.1, 0.15) is 22.5 Å². The summed E-state index contributed by atoms with van der Waals surface area (Å²) in [7, 11) is 0. The van der Waals surface area contributed by atoms with E-state index in [1.807, 2.05) is 25.1 Å². The Balaban J connectivity index is 1.48. The standard InChI is InChI=1S/C21H24N2O3/c1-15-10-19-17(12-21(24)26-20(19)11-16(15)2)13-22-5-7-23(8-6-22)14-18-4-3-9-25-18/h3-4,9-12H,5-8,13-14H2,1-2H3. The van der Waals surface area contributed by atoms with Gasteiger partial charge in [0.2, 0.25) is 0 Å². The Labute approximate surface area is 152 Å². The molecule has 136 valence electrons. The third-order valence-corrected chi connectivity index (χ3v) is 5.26. The first kappa shape index (κ1) is 17.1. The van der Waals surface area contributed by atoms with Gasteiger partial charge >= 0.3 is 5.63 Å². The van der Waals surface area contributed by atoms with Crippen LogP contribution in [-0.2, 0) is 13.1 Å². The molecule has 0 radical (unpaired) electrons. The second kappa shape index (κ2) is 7.09. The minimum absolute atomic E-state index is 0.271. The third kappa shape index (κ3) is 3.59. The highest BCUT2D eigenvalue weighted by Gasteiger charge is 2.19. The van der Waals surface area contributed by atoms with Gasteiger partial charge in [-0.05, 0) is 54.8 Å². The highest BCUT2D eigenvalue weighted by atomic mass is 16.4. The van der Waals surface area contributed by atoms with Crippen LogP contribution in [0.5, 0.6) is 0 Å². The fourth-order valence-corrected chi connectivity index (χ4v) is 3.58. The molecule has 0 unspecified atom stereocenters. The largest absolute Gasteiger partial charge is 0.468 e. The molecule has 0 bridgehead atoms. The van der Waals surface area contributed by atoms with Crippen molar-refractivity contribution < 1.29 is 8.83 Å². The van der Waals surface area contributed by atoms with E-state index < -0.39 is 0 Å². The Kier molecular flexibility index (Phi) is 4.66. The van der Waals surface area contributed by atoms with Crippen LogP contribution in [0.15, 0.2) is 50.2 Å². The quantitative estimate of drug-likeness (QED) is 0.674. The number of aryl methyl sites for hydroxylation is 2. The number of benzene rings is 1. The fraction of sp³-hybridized carbons (Fsp3) is 0.381. The lowest BCUT2D eigenvalue weighted by atomic mass is 10.0. The van der Waals surface area contributed by atoms with E-state index in [0.717, 1.165) is 61.5 Å². The Bertz CT molecular complexity index is 951. The van der Waals surface area contributed by atoms with Crippen LogP contribution in [0.2, 0.25) is 0 Å². The number of piperazine rings is 1. The molecule has 0 N–H and O–H groups in total. The average Bonchev–Trinajstić information content (AvgIpc) is 3.11. The molecule has 0 aliphatic carbocycles. The SMILES string of the molecule is Cc1cc2oc(=O)cc(CN3CCN(Cc4ccco4)CC3)c2cc1C. The molecular weight excluding hydrogens is 328 g/mol. The van der Waals surface area contributed by atoms with Crippen LogP contribution in [0, 0.1) is 13.8 Å². The predicted molar refractivity (Wildman–Crippen MR) is 101 cm³/mol. The van der Waals surface area contributed by atoms with Crippen molar-refractivity contribution >= 4 is 11.0 Å². The number of nitrogens with zero attached hydrogens (tertiary/aromatic N) is 2. The van der Waals surface area contributed by atoms with E-state index >= 15 is 0 Å². The molecule has 26 heavy (non-hydrogen) atoms. The van der Waals surface area contributed by atoms with Gasteiger partial charge in [0.25, 0.3) is 0 Å². The minimum atomic E-state index is -0.271. The summed E-state index contributed by atoms with van der Waals surface area (Å²) in [5.41, 5.74) is 3.83. The van der Waals surface area contributed by atoms with Crippen molar-refractivity contribution in [3.63, 3.8) is 0 Å². The predicted octanol–water partition coefficient (Wildman–Crippen LogP) is 3.32. The van der Waals surface area contributed by atoms with Crippen molar-refractivity contribution in [1.29, 1.82) is 0 Å². The molecule has 3 heterocycles. The molecule has 5 nitrogen and oxygen atoms in total. The van der Waals surface area contributed by atoms with Gasteiger partial charge in [-0.3, -0.25) is 9.80 Å². The molecule has 1 aromatic carbocycles. The van der Waals surface area contributed by atoms with Crippen molar-refractivity contribution in [2.24, 2.45) is 0 Å². The van der Waals surface area contributed by atoms with Crippen LogP contribution in [-0.4, -0.2) is 36.0 Å². The van der Waals surface area contributed by atoms with E-state index in [-0.39, 0.29) is 5.63 Å². The van der Waals surface area contributed by atoms with E-state index in [4.69, 9.17) is 8.83 Å².